The molecule has 0 aliphatic carbocycles. The van der Waals surface area contributed by atoms with Gasteiger partial charge in [-0.1, -0.05) is 29.8 Å². The SMILES string of the molecule is Cc1ccc(P(=O)([O-])O)cc1. The molecule has 1 N–H and O–H groups in total. The van der Waals surface area contributed by atoms with Crippen molar-refractivity contribution < 1.29 is 14.4 Å². The van der Waals surface area contributed by atoms with E-state index in [4.69, 9.17) is 4.89 Å². The molecule has 0 aliphatic heterocycles. The Labute approximate surface area is 64.8 Å². The van der Waals surface area contributed by atoms with Crippen LogP contribution in [0.2, 0.25) is 0 Å². The van der Waals surface area contributed by atoms with Crippen molar-refractivity contribution in [3.8, 4) is 0 Å². The van der Waals surface area contributed by atoms with Crippen LogP contribution in [0.15, 0.2) is 24.3 Å². The molecule has 0 aliphatic rings. The van der Waals surface area contributed by atoms with Crippen LogP contribution in [-0.4, -0.2) is 4.89 Å². The summed E-state index contributed by atoms with van der Waals surface area (Å²) in [6.45, 7) is 1.84. The topological polar surface area (TPSA) is 60.4 Å². The van der Waals surface area contributed by atoms with Crippen LogP contribution in [0, 0.1) is 6.92 Å². The average molecular weight is 171 g/mol. The minimum absolute atomic E-state index is 0.0388. The largest absolute Gasteiger partial charge is 0.775 e. The van der Waals surface area contributed by atoms with E-state index in [0.29, 0.717) is 0 Å². The Morgan fingerprint density at radius 1 is 1.36 bits per heavy atom. The van der Waals surface area contributed by atoms with Crippen molar-refractivity contribution in [3.05, 3.63) is 29.8 Å². The molecule has 1 aromatic carbocycles. The first kappa shape index (κ1) is 8.47. The standard InChI is InChI=1S/C7H9O3P/c1-6-2-4-7(5-3-6)11(8,9)10/h2-5H,1H3,(H2,8,9,10)/p-1. The number of hydrogen-bond donors (Lipinski definition) is 1. The van der Waals surface area contributed by atoms with Gasteiger partial charge in [0.15, 0.2) is 7.60 Å². The summed E-state index contributed by atoms with van der Waals surface area (Å²) in [5, 5.41) is -0.0388. The Morgan fingerprint density at radius 3 is 2.18 bits per heavy atom. The van der Waals surface area contributed by atoms with Crippen molar-refractivity contribution in [1.29, 1.82) is 0 Å². The van der Waals surface area contributed by atoms with Crippen LogP contribution < -0.4 is 10.2 Å². The molecule has 0 amide bonds. The average Bonchev–Trinajstić information content (AvgIpc) is 1.86. The molecule has 11 heavy (non-hydrogen) atoms. The van der Waals surface area contributed by atoms with Crippen LogP contribution in [0.25, 0.3) is 0 Å². The predicted octanol–water partition coefficient (Wildman–Crippen LogP) is 0.166. The van der Waals surface area contributed by atoms with E-state index in [1.54, 1.807) is 12.1 Å². The number of rotatable bonds is 1. The zero-order chi connectivity index (χ0) is 8.48. The summed E-state index contributed by atoms with van der Waals surface area (Å²) in [5.74, 6) is 0. The fraction of sp³-hybridized carbons (Fsp3) is 0.143. The maximum Gasteiger partial charge on any atom is 0.162 e. The molecule has 60 valence electrons. The zero-order valence-electron chi connectivity index (χ0n) is 6.02. The fourth-order valence-electron chi connectivity index (χ4n) is 0.733. The normalized spacial score (nSPS) is 15.9. The van der Waals surface area contributed by atoms with Crippen molar-refractivity contribution in [2.75, 3.05) is 0 Å². The lowest BCUT2D eigenvalue weighted by Gasteiger charge is -2.15. The third-order valence-electron chi connectivity index (χ3n) is 1.36. The maximum atomic E-state index is 10.5. The van der Waals surface area contributed by atoms with Crippen molar-refractivity contribution in [3.63, 3.8) is 0 Å². The highest BCUT2D eigenvalue weighted by molar-refractivity contribution is 7.58. The first-order chi connectivity index (χ1) is 5.00. The lowest BCUT2D eigenvalue weighted by molar-refractivity contribution is -0.188. The Bertz CT molecular complexity index is 285. The fourth-order valence-corrected chi connectivity index (χ4v) is 1.26. The molecule has 1 unspecified atom stereocenters. The van der Waals surface area contributed by atoms with Gasteiger partial charge in [0, 0.05) is 5.30 Å². The molecule has 0 heterocycles. The van der Waals surface area contributed by atoms with E-state index >= 15 is 0 Å². The second-order valence-electron chi connectivity index (χ2n) is 2.36. The quantitative estimate of drug-likeness (QED) is 0.612. The van der Waals surface area contributed by atoms with Crippen molar-refractivity contribution in [2.45, 2.75) is 6.92 Å². The third kappa shape index (κ3) is 2.15. The first-order valence-electron chi connectivity index (χ1n) is 3.11. The van der Waals surface area contributed by atoms with Gasteiger partial charge >= 0.3 is 0 Å². The number of aryl methyl sites for hydroxylation is 1. The van der Waals surface area contributed by atoms with Crippen LogP contribution in [0.1, 0.15) is 5.56 Å². The van der Waals surface area contributed by atoms with E-state index in [1.165, 1.54) is 12.1 Å². The van der Waals surface area contributed by atoms with Gasteiger partial charge in [0.25, 0.3) is 0 Å². The Morgan fingerprint density at radius 2 is 1.82 bits per heavy atom. The van der Waals surface area contributed by atoms with Crippen LogP contribution in [0.5, 0.6) is 0 Å². The van der Waals surface area contributed by atoms with Gasteiger partial charge in [0.1, 0.15) is 0 Å². The van der Waals surface area contributed by atoms with E-state index in [-0.39, 0.29) is 5.30 Å². The summed E-state index contributed by atoms with van der Waals surface area (Å²) < 4.78 is 10.5. The summed E-state index contributed by atoms with van der Waals surface area (Å²) in [4.78, 5) is 19.1. The third-order valence-corrected chi connectivity index (χ3v) is 2.31. The predicted molar refractivity (Wildman–Crippen MR) is 40.6 cm³/mol. The molecular weight excluding hydrogens is 163 g/mol. The smallest absolute Gasteiger partial charge is 0.162 e. The minimum Gasteiger partial charge on any atom is -0.775 e. The molecule has 0 fully saturated rings. The minimum atomic E-state index is -4.29. The first-order valence-corrected chi connectivity index (χ1v) is 4.69. The van der Waals surface area contributed by atoms with Gasteiger partial charge in [-0.15, -0.1) is 0 Å². The van der Waals surface area contributed by atoms with Gasteiger partial charge in [-0.3, -0.25) is 0 Å². The van der Waals surface area contributed by atoms with Crippen LogP contribution >= 0.6 is 7.60 Å². The Hall–Kier alpha value is -0.630. The molecule has 1 rings (SSSR count). The molecule has 0 aromatic heterocycles. The summed E-state index contributed by atoms with van der Waals surface area (Å²) in [7, 11) is -4.29. The van der Waals surface area contributed by atoms with Crippen molar-refractivity contribution in [2.24, 2.45) is 0 Å². The lowest BCUT2D eigenvalue weighted by atomic mass is 10.2. The van der Waals surface area contributed by atoms with Gasteiger partial charge in [-0.05, 0) is 6.92 Å². The monoisotopic (exact) mass is 171 g/mol. The molecule has 1 aromatic rings. The molecule has 3 nitrogen and oxygen atoms in total. The van der Waals surface area contributed by atoms with E-state index in [2.05, 4.69) is 0 Å². The molecule has 4 heteroatoms. The van der Waals surface area contributed by atoms with Crippen LogP contribution in [-0.2, 0) is 4.57 Å². The molecule has 0 saturated heterocycles. The summed E-state index contributed by atoms with van der Waals surface area (Å²) in [6.07, 6.45) is 0. The van der Waals surface area contributed by atoms with E-state index in [9.17, 15) is 9.46 Å². The second-order valence-corrected chi connectivity index (χ2v) is 3.91. The van der Waals surface area contributed by atoms with Crippen molar-refractivity contribution >= 4 is 12.9 Å². The van der Waals surface area contributed by atoms with Crippen LogP contribution in [0.3, 0.4) is 0 Å². The number of benzene rings is 1. The highest BCUT2D eigenvalue weighted by Gasteiger charge is 2.03. The second kappa shape index (κ2) is 2.78. The van der Waals surface area contributed by atoms with Gasteiger partial charge in [-0.25, -0.2) is 0 Å². The summed E-state index contributed by atoms with van der Waals surface area (Å²) in [5.41, 5.74) is 0.960. The van der Waals surface area contributed by atoms with E-state index in [0.717, 1.165) is 5.56 Å². The Kier molecular flexibility index (Phi) is 2.14. The molecule has 0 radical (unpaired) electrons. The maximum absolute atomic E-state index is 10.5. The Balaban J connectivity index is 3.09. The van der Waals surface area contributed by atoms with Gasteiger partial charge in [0.05, 0.1) is 0 Å². The van der Waals surface area contributed by atoms with Crippen molar-refractivity contribution in [1.82, 2.24) is 0 Å². The molecule has 0 saturated carbocycles. The molecule has 1 atom stereocenters. The highest BCUT2D eigenvalue weighted by atomic mass is 31.2. The summed E-state index contributed by atoms with van der Waals surface area (Å²) in [6, 6.07) is 6.03. The van der Waals surface area contributed by atoms with E-state index < -0.39 is 7.60 Å². The molecule has 0 spiro atoms. The molecule has 0 bridgehead atoms. The molecular formula is C7H8O3P-. The van der Waals surface area contributed by atoms with Gasteiger partial charge in [-0.2, -0.15) is 0 Å². The number of hydrogen-bond acceptors (Lipinski definition) is 2. The lowest BCUT2D eigenvalue weighted by Crippen LogP contribution is -2.13. The van der Waals surface area contributed by atoms with Crippen LogP contribution in [0.4, 0.5) is 0 Å². The highest BCUT2D eigenvalue weighted by Crippen LogP contribution is 2.27. The van der Waals surface area contributed by atoms with Gasteiger partial charge < -0.3 is 14.4 Å². The van der Waals surface area contributed by atoms with Gasteiger partial charge in [0.2, 0.25) is 0 Å². The van der Waals surface area contributed by atoms with E-state index in [1.807, 2.05) is 6.92 Å². The summed E-state index contributed by atoms with van der Waals surface area (Å²) >= 11 is 0. The zero-order valence-corrected chi connectivity index (χ0v) is 6.91.